The van der Waals surface area contributed by atoms with E-state index in [1.54, 1.807) is 6.08 Å². The number of hydrogen-bond acceptors (Lipinski definition) is 1. The molecule has 2 N–H and O–H groups in total. The van der Waals surface area contributed by atoms with Gasteiger partial charge in [0.1, 0.15) is 7.28 Å². The molecule has 0 aromatic rings. The third-order valence-corrected chi connectivity index (χ3v) is 2.31. The van der Waals surface area contributed by atoms with Gasteiger partial charge in [0, 0.05) is 5.70 Å². The summed E-state index contributed by atoms with van der Waals surface area (Å²) in [6, 6.07) is 0. The average molecular weight is 203 g/mol. The Kier molecular flexibility index (Phi) is 8.65. The number of unbranched alkanes of at least 4 members (excludes halogenated alkanes) is 1. The van der Waals surface area contributed by atoms with Gasteiger partial charge in [0.25, 0.3) is 0 Å². The summed E-state index contributed by atoms with van der Waals surface area (Å²) in [5.41, 5.74) is 7.56. The Morgan fingerprint density at radius 3 is 2.53 bits per heavy atom. The highest BCUT2D eigenvalue weighted by molar-refractivity contribution is 6.36. The first-order chi connectivity index (χ1) is 7.24. The van der Waals surface area contributed by atoms with Crippen molar-refractivity contribution in [3.8, 4) is 0 Å². The Labute approximate surface area is 94.7 Å². The summed E-state index contributed by atoms with van der Waals surface area (Å²) >= 11 is 0. The third-order valence-electron chi connectivity index (χ3n) is 2.31. The van der Waals surface area contributed by atoms with Gasteiger partial charge in [-0.3, -0.25) is 0 Å². The van der Waals surface area contributed by atoms with Gasteiger partial charge in [-0.1, -0.05) is 63.3 Å². The van der Waals surface area contributed by atoms with E-state index in [-0.39, 0.29) is 0 Å². The molecule has 0 bridgehead atoms. The van der Waals surface area contributed by atoms with Crippen LogP contribution in [0.2, 0.25) is 12.6 Å². The summed E-state index contributed by atoms with van der Waals surface area (Å²) in [6.07, 6.45) is 12.4. The maximum absolute atomic E-state index is 5.62. The zero-order valence-electron chi connectivity index (χ0n) is 9.84. The molecule has 0 aliphatic rings. The van der Waals surface area contributed by atoms with E-state index in [1.807, 2.05) is 18.2 Å². The lowest BCUT2D eigenvalue weighted by molar-refractivity contribution is 0.878. The minimum absolute atomic E-state index is 0.697. The van der Waals surface area contributed by atoms with E-state index in [4.69, 9.17) is 5.73 Å². The largest absolute Gasteiger partial charge is 0.399 e. The highest BCUT2D eigenvalue weighted by atomic mass is 14.5. The van der Waals surface area contributed by atoms with Crippen molar-refractivity contribution in [1.82, 2.24) is 0 Å². The molecule has 0 saturated heterocycles. The molecule has 0 aliphatic heterocycles. The second kappa shape index (κ2) is 9.38. The first-order valence-electron chi connectivity index (χ1n) is 5.65. The molecule has 1 nitrogen and oxygen atoms in total. The van der Waals surface area contributed by atoms with Crippen LogP contribution in [0.5, 0.6) is 0 Å². The lowest BCUT2D eigenvalue weighted by Gasteiger charge is -1.99. The summed E-state index contributed by atoms with van der Waals surface area (Å²) in [7, 11) is 1.23. The van der Waals surface area contributed by atoms with Gasteiger partial charge in [-0.15, -0.1) is 0 Å². The lowest BCUT2D eigenvalue weighted by atomic mass is 9.67. The van der Waals surface area contributed by atoms with Gasteiger partial charge in [0.15, 0.2) is 0 Å². The molecule has 0 aromatic carbocycles. The molecule has 0 unspecified atom stereocenters. The molecule has 0 atom stereocenters. The summed E-state index contributed by atoms with van der Waals surface area (Å²) in [5, 5.41) is 0. The van der Waals surface area contributed by atoms with Crippen LogP contribution in [0.1, 0.15) is 19.8 Å². The Morgan fingerprint density at radius 1 is 1.27 bits per heavy atom. The summed E-state index contributed by atoms with van der Waals surface area (Å²) in [4.78, 5) is 0. The van der Waals surface area contributed by atoms with E-state index in [0.717, 1.165) is 6.32 Å². The van der Waals surface area contributed by atoms with Gasteiger partial charge in [-0.05, 0) is 12.2 Å². The number of nitrogens with two attached hydrogens (primary N) is 1. The SMILES string of the molecule is C=C/C(=C\C=C(\N)C=C)CBCCCC. The summed E-state index contributed by atoms with van der Waals surface area (Å²) < 4.78 is 0. The molecule has 0 fully saturated rings. The van der Waals surface area contributed by atoms with Crippen molar-refractivity contribution in [3.05, 3.63) is 48.7 Å². The zero-order valence-corrected chi connectivity index (χ0v) is 9.84. The molecule has 0 spiro atoms. The van der Waals surface area contributed by atoms with E-state index in [2.05, 4.69) is 20.1 Å². The second-order valence-corrected chi connectivity index (χ2v) is 3.63. The molecular formula is C13H22BN. The molecule has 2 heteroatoms. The maximum Gasteiger partial charge on any atom is 0.125 e. The van der Waals surface area contributed by atoms with Crippen LogP contribution in [0.15, 0.2) is 48.7 Å². The minimum atomic E-state index is 0.697. The van der Waals surface area contributed by atoms with Crippen molar-refractivity contribution < 1.29 is 0 Å². The van der Waals surface area contributed by atoms with Crippen LogP contribution in [-0.2, 0) is 0 Å². The van der Waals surface area contributed by atoms with Crippen molar-refractivity contribution >= 4 is 7.28 Å². The highest BCUT2D eigenvalue weighted by Crippen LogP contribution is 2.07. The predicted octanol–water partition coefficient (Wildman–Crippen LogP) is 3.20. The zero-order chi connectivity index (χ0) is 11.5. The third kappa shape index (κ3) is 7.86. The van der Waals surface area contributed by atoms with Crippen molar-refractivity contribution in [2.75, 3.05) is 0 Å². The van der Waals surface area contributed by atoms with Crippen molar-refractivity contribution in [3.63, 3.8) is 0 Å². The fourth-order valence-electron chi connectivity index (χ4n) is 1.28. The Morgan fingerprint density at radius 2 is 2.00 bits per heavy atom. The average Bonchev–Trinajstić information content (AvgIpc) is 2.27. The summed E-state index contributed by atoms with van der Waals surface area (Å²) in [6.45, 7) is 9.62. The van der Waals surface area contributed by atoms with Crippen LogP contribution < -0.4 is 5.73 Å². The first kappa shape index (κ1) is 13.8. The van der Waals surface area contributed by atoms with Gasteiger partial charge in [-0.2, -0.15) is 0 Å². The van der Waals surface area contributed by atoms with Gasteiger partial charge in [0.2, 0.25) is 0 Å². The van der Waals surface area contributed by atoms with Crippen LogP contribution in [0.3, 0.4) is 0 Å². The number of allylic oxidation sites excluding steroid dienone is 5. The van der Waals surface area contributed by atoms with E-state index < -0.39 is 0 Å². The molecule has 0 radical (unpaired) electrons. The van der Waals surface area contributed by atoms with Gasteiger partial charge >= 0.3 is 0 Å². The van der Waals surface area contributed by atoms with Crippen LogP contribution in [0.4, 0.5) is 0 Å². The highest BCUT2D eigenvalue weighted by Gasteiger charge is 1.94. The van der Waals surface area contributed by atoms with Crippen LogP contribution in [0, 0.1) is 0 Å². The van der Waals surface area contributed by atoms with Crippen molar-refractivity contribution in [1.29, 1.82) is 0 Å². The molecule has 15 heavy (non-hydrogen) atoms. The standard InChI is InChI=1S/C13H22BN/c1-4-7-10-14-11-12(5-2)8-9-13(15)6-3/h5-6,8-9,14H,2-4,7,10-11,15H2,1H3/b12-8+,13-9+. The quantitative estimate of drug-likeness (QED) is 0.366. The minimum Gasteiger partial charge on any atom is -0.399 e. The normalized spacial score (nSPS) is 12.3. The Hall–Kier alpha value is -1.18. The van der Waals surface area contributed by atoms with E-state index >= 15 is 0 Å². The van der Waals surface area contributed by atoms with Crippen LogP contribution in [0.25, 0.3) is 0 Å². The first-order valence-corrected chi connectivity index (χ1v) is 5.65. The maximum atomic E-state index is 5.62. The van der Waals surface area contributed by atoms with E-state index in [9.17, 15) is 0 Å². The number of rotatable bonds is 8. The molecule has 0 saturated carbocycles. The van der Waals surface area contributed by atoms with Gasteiger partial charge < -0.3 is 5.73 Å². The molecule has 0 aromatic heterocycles. The molecule has 0 heterocycles. The monoisotopic (exact) mass is 203 g/mol. The van der Waals surface area contributed by atoms with Gasteiger partial charge in [0.05, 0.1) is 0 Å². The van der Waals surface area contributed by atoms with Gasteiger partial charge in [-0.25, -0.2) is 0 Å². The Bertz CT molecular complexity index is 251. The topological polar surface area (TPSA) is 26.0 Å². The molecular weight excluding hydrogens is 181 g/mol. The lowest BCUT2D eigenvalue weighted by Crippen LogP contribution is -1.92. The molecule has 0 aliphatic carbocycles. The van der Waals surface area contributed by atoms with E-state index in [0.29, 0.717) is 5.70 Å². The number of hydrogen-bond donors (Lipinski definition) is 1. The molecule has 0 amide bonds. The summed E-state index contributed by atoms with van der Waals surface area (Å²) in [5.74, 6) is 0. The van der Waals surface area contributed by atoms with Crippen molar-refractivity contribution in [2.45, 2.75) is 32.4 Å². The fourth-order valence-corrected chi connectivity index (χ4v) is 1.28. The molecule has 0 rings (SSSR count). The molecule has 82 valence electrons. The Balaban J connectivity index is 4.01. The van der Waals surface area contributed by atoms with Crippen LogP contribution >= 0.6 is 0 Å². The predicted molar refractivity (Wildman–Crippen MR) is 72.4 cm³/mol. The smallest absolute Gasteiger partial charge is 0.125 e. The van der Waals surface area contributed by atoms with E-state index in [1.165, 1.54) is 32.0 Å². The van der Waals surface area contributed by atoms with Crippen molar-refractivity contribution in [2.24, 2.45) is 5.73 Å². The van der Waals surface area contributed by atoms with Crippen LogP contribution in [-0.4, -0.2) is 7.28 Å². The second-order valence-electron chi connectivity index (χ2n) is 3.63. The fraction of sp³-hybridized carbons (Fsp3) is 0.385.